The Hall–Kier alpha value is -0.950. The second-order valence-electron chi connectivity index (χ2n) is 4.53. The van der Waals surface area contributed by atoms with Gasteiger partial charge in [0, 0.05) is 11.6 Å². The number of aromatic nitrogens is 1. The molecule has 0 atom stereocenters. The smallest absolute Gasteiger partial charge is 0.303 e. The molecule has 1 aliphatic rings. The third-order valence-electron chi connectivity index (χ3n) is 2.84. The third kappa shape index (κ3) is 3.50. The molecule has 0 amide bonds. The number of aliphatic carboxylic acids is 1. The molecular weight excluding hydrogens is 262 g/mol. The average molecular weight is 275 g/mol. The highest BCUT2D eigenvalue weighted by Gasteiger charge is 2.47. The van der Waals surface area contributed by atoms with E-state index in [0.717, 1.165) is 0 Å². The summed E-state index contributed by atoms with van der Waals surface area (Å²) < 4.78 is 23.8. The zero-order valence-corrected chi connectivity index (χ0v) is 10.8. The van der Waals surface area contributed by atoms with Gasteiger partial charge in [0.1, 0.15) is 10.8 Å². The monoisotopic (exact) mass is 275 g/mol. The second-order valence-corrected chi connectivity index (χ2v) is 7.57. The first-order valence-corrected chi connectivity index (χ1v) is 7.92. The molecule has 0 unspecified atom stereocenters. The van der Waals surface area contributed by atoms with E-state index < -0.39 is 21.2 Å². The standard InChI is InChI=1S/C10H13NO4S2/c12-9(13)5-10(1-2-10)7-17(14,15)6-8-11-3-4-16-8/h3-4H,1-2,5-7H2,(H,12,13). The van der Waals surface area contributed by atoms with Gasteiger partial charge in [0.2, 0.25) is 0 Å². The van der Waals surface area contributed by atoms with Gasteiger partial charge in [0.15, 0.2) is 9.84 Å². The van der Waals surface area contributed by atoms with Crippen molar-refractivity contribution < 1.29 is 18.3 Å². The van der Waals surface area contributed by atoms with E-state index >= 15 is 0 Å². The van der Waals surface area contributed by atoms with Gasteiger partial charge in [-0.25, -0.2) is 13.4 Å². The molecular formula is C10H13NO4S2. The SMILES string of the molecule is O=C(O)CC1(CS(=O)(=O)Cc2nccs2)CC1. The van der Waals surface area contributed by atoms with Crippen LogP contribution >= 0.6 is 11.3 Å². The molecule has 1 N–H and O–H groups in total. The lowest BCUT2D eigenvalue weighted by molar-refractivity contribution is -0.138. The molecule has 2 rings (SSSR count). The number of sulfone groups is 1. The molecule has 94 valence electrons. The van der Waals surface area contributed by atoms with Gasteiger partial charge in [-0.2, -0.15) is 0 Å². The maximum absolute atomic E-state index is 11.9. The summed E-state index contributed by atoms with van der Waals surface area (Å²) in [6.45, 7) is 0. The fraction of sp³-hybridized carbons (Fsp3) is 0.600. The van der Waals surface area contributed by atoms with Crippen LogP contribution in [0.1, 0.15) is 24.3 Å². The topological polar surface area (TPSA) is 84.3 Å². The Labute approximate surface area is 103 Å². The van der Waals surface area contributed by atoms with E-state index in [1.165, 1.54) is 11.3 Å². The van der Waals surface area contributed by atoms with Crippen molar-refractivity contribution >= 4 is 27.1 Å². The Morgan fingerprint density at radius 1 is 1.53 bits per heavy atom. The molecule has 7 heteroatoms. The van der Waals surface area contributed by atoms with E-state index in [9.17, 15) is 13.2 Å². The van der Waals surface area contributed by atoms with Gasteiger partial charge in [-0.05, 0) is 18.3 Å². The minimum Gasteiger partial charge on any atom is -0.481 e. The number of hydrogen-bond acceptors (Lipinski definition) is 5. The number of thiazole rings is 1. The van der Waals surface area contributed by atoms with Gasteiger partial charge in [-0.3, -0.25) is 4.79 Å². The largest absolute Gasteiger partial charge is 0.481 e. The lowest BCUT2D eigenvalue weighted by Gasteiger charge is -2.11. The Morgan fingerprint density at radius 3 is 2.71 bits per heavy atom. The minimum absolute atomic E-state index is 0.0358. The van der Waals surface area contributed by atoms with E-state index in [4.69, 9.17) is 5.11 Å². The Morgan fingerprint density at radius 2 is 2.24 bits per heavy atom. The van der Waals surface area contributed by atoms with Crippen molar-refractivity contribution in [1.29, 1.82) is 0 Å². The summed E-state index contributed by atoms with van der Waals surface area (Å²) in [6, 6.07) is 0. The van der Waals surface area contributed by atoms with Crippen LogP contribution in [-0.4, -0.2) is 30.2 Å². The van der Waals surface area contributed by atoms with Gasteiger partial charge in [-0.1, -0.05) is 0 Å². The molecule has 0 spiro atoms. The molecule has 0 aliphatic heterocycles. The highest BCUT2D eigenvalue weighted by atomic mass is 32.2. The Bertz CT molecular complexity index is 502. The highest BCUT2D eigenvalue weighted by molar-refractivity contribution is 7.90. The fourth-order valence-electron chi connectivity index (χ4n) is 1.90. The molecule has 5 nitrogen and oxygen atoms in total. The molecule has 0 saturated heterocycles. The molecule has 0 aromatic carbocycles. The number of carbonyl (C=O) groups is 1. The summed E-state index contributed by atoms with van der Waals surface area (Å²) in [5, 5.41) is 11.0. The van der Waals surface area contributed by atoms with Crippen molar-refractivity contribution in [3.8, 4) is 0 Å². The first-order valence-electron chi connectivity index (χ1n) is 5.21. The maximum atomic E-state index is 11.9. The van der Waals surface area contributed by atoms with Crippen LogP contribution in [0.5, 0.6) is 0 Å². The molecule has 1 aromatic heterocycles. The number of nitrogens with zero attached hydrogens (tertiary/aromatic N) is 1. The number of carboxylic acids is 1. The molecule has 1 fully saturated rings. The van der Waals surface area contributed by atoms with E-state index in [2.05, 4.69) is 4.98 Å². The van der Waals surface area contributed by atoms with Crippen LogP contribution < -0.4 is 0 Å². The van der Waals surface area contributed by atoms with Crippen LogP contribution in [0.2, 0.25) is 0 Å². The van der Waals surface area contributed by atoms with E-state index in [0.29, 0.717) is 17.8 Å². The van der Waals surface area contributed by atoms with Gasteiger partial charge >= 0.3 is 5.97 Å². The molecule has 0 radical (unpaired) electrons. The molecule has 17 heavy (non-hydrogen) atoms. The number of carboxylic acid groups (broad SMARTS) is 1. The van der Waals surface area contributed by atoms with Crippen LogP contribution in [0.4, 0.5) is 0 Å². The molecule has 1 aromatic rings. The molecule has 0 bridgehead atoms. The van der Waals surface area contributed by atoms with Crippen molar-refractivity contribution in [2.45, 2.75) is 25.0 Å². The van der Waals surface area contributed by atoms with Crippen molar-refractivity contribution in [2.24, 2.45) is 5.41 Å². The Balaban J connectivity index is 2.00. The maximum Gasteiger partial charge on any atom is 0.303 e. The summed E-state index contributed by atoms with van der Waals surface area (Å²) in [4.78, 5) is 14.6. The van der Waals surface area contributed by atoms with Gasteiger partial charge in [0.25, 0.3) is 0 Å². The van der Waals surface area contributed by atoms with Crippen molar-refractivity contribution in [2.75, 3.05) is 5.75 Å². The zero-order valence-electron chi connectivity index (χ0n) is 9.13. The average Bonchev–Trinajstić information content (AvgIpc) is 2.72. The molecule has 1 heterocycles. The van der Waals surface area contributed by atoms with Crippen molar-refractivity contribution in [1.82, 2.24) is 4.98 Å². The van der Waals surface area contributed by atoms with E-state index in [1.54, 1.807) is 11.6 Å². The Kier molecular flexibility index (Phi) is 3.22. The first kappa shape index (κ1) is 12.5. The van der Waals surface area contributed by atoms with Crippen LogP contribution in [0.25, 0.3) is 0 Å². The summed E-state index contributed by atoms with van der Waals surface area (Å²) in [5.41, 5.74) is -0.512. The minimum atomic E-state index is -3.26. The van der Waals surface area contributed by atoms with Crippen LogP contribution in [0, 0.1) is 5.41 Å². The lowest BCUT2D eigenvalue weighted by atomic mass is 10.1. The summed E-state index contributed by atoms with van der Waals surface area (Å²) >= 11 is 1.30. The van der Waals surface area contributed by atoms with Gasteiger partial charge in [0.05, 0.1) is 12.2 Å². The zero-order chi connectivity index (χ0) is 12.5. The third-order valence-corrected chi connectivity index (χ3v) is 5.56. The summed E-state index contributed by atoms with van der Waals surface area (Å²) in [7, 11) is -3.26. The van der Waals surface area contributed by atoms with Crippen LogP contribution in [0.3, 0.4) is 0 Å². The summed E-state index contributed by atoms with van der Waals surface area (Å²) in [6.07, 6.45) is 2.90. The fourth-order valence-corrected chi connectivity index (χ4v) is 4.99. The van der Waals surface area contributed by atoms with Gasteiger partial charge < -0.3 is 5.11 Å². The first-order chi connectivity index (χ1) is 7.91. The quantitative estimate of drug-likeness (QED) is 0.846. The van der Waals surface area contributed by atoms with Crippen molar-refractivity contribution in [3.05, 3.63) is 16.6 Å². The predicted octanol–water partition coefficient (Wildman–Crippen LogP) is 1.31. The van der Waals surface area contributed by atoms with Crippen LogP contribution in [0.15, 0.2) is 11.6 Å². The van der Waals surface area contributed by atoms with E-state index in [-0.39, 0.29) is 17.9 Å². The normalized spacial score (nSPS) is 17.9. The van der Waals surface area contributed by atoms with Crippen molar-refractivity contribution in [3.63, 3.8) is 0 Å². The molecule has 1 saturated carbocycles. The predicted molar refractivity (Wildman–Crippen MR) is 63.5 cm³/mol. The summed E-state index contributed by atoms with van der Waals surface area (Å²) in [5.74, 6) is -1.04. The van der Waals surface area contributed by atoms with E-state index in [1.807, 2.05) is 0 Å². The lowest BCUT2D eigenvalue weighted by Crippen LogP contribution is -2.21. The number of hydrogen-bond donors (Lipinski definition) is 1. The second kappa shape index (κ2) is 4.38. The van der Waals surface area contributed by atoms with Crippen LogP contribution in [-0.2, 0) is 20.4 Å². The highest BCUT2D eigenvalue weighted by Crippen LogP contribution is 2.50. The number of rotatable bonds is 6. The molecule has 1 aliphatic carbocycles. The van der Waals surface area contributed by atoms with Gasteiger partial charge in [-0.15, -0.1) is 11.3 Å².